The lowest BCUT2D eigenvalue weighted by atomic mass is 9.99. The molecule has 2 aliphatic carbocycles. The fourth-order valence-corrected chi connectivity index (χ4v) is 3.77. The number of hydrogen-bond donors (Lipinski definition) is 1. The Balaban J connectivity index is 1.63. The normalized spacial score (nSPS) is 17.5. The van der Waals surface area contributed by atoms with Crippen LogP contribution in [0.4, 0.5) is 17.6 Å². The number of aromatic nitrogens is 2. The van der Waals surface area contributed by atoms with E-state index in [1.54, 1.807) is 0 Å². The van der Waals surface area contributed by atoms with Crippen molar-refractivity contribution < 1.29 is 27.2 Å². The fraction of sp³-hybridized carbons (Fsp3) is 0.476. The second-order valence-corrected chi connectivity index (χ2v) is 8.54. The highest BCUT2D eigenvalue weighted by molar-refractivity contribution is 6.33. The van der Waals surface area contributed by atoms with Crippen molar-refractivity contribution in [2.45, 2.75) is 50.5 Å². The van der Waals surface area contributed by atoms with Gasteiger partial charge in [-0.3, -0.25) is 14.3 Å². The third-order valence-electron chi connectivity index (χ3n) is 5.47. The molecule has 2 aromatic rings. The van der Waals surface area contributed by atoms with Gasteiger partial charge in [-0.25, -0.2) is 4.39 Å². The summed E-state index contributed by atoms with van der Waals surface area (Å²) in [5, 5.41) is 6.68. The van der Waals surface area contributed by atoms with Crippen molar-refractivity contribution >= 4 is 23.3 Å². The summed E-state index contributed by atoms with van der Waals surface area (Å²) in [6.45, 7) is 0. The Labute approximate surface area is 180 Å². The van der Waals surface area contributed by atoms with Gasteiger partial charge in [-0.1, -0.05) is 17.7 Å². The van der Waals surface area contributed by atoms with Crippen molar-refractivity contribution in [1.82, 2.24) is 15.1 Å². The predicted molar refractivity (Wildman–Crippen MR) is 105 cm³/mol. The molecule has 1 aromatic heterocycles. The lowest BCUT2D eigenvalue weighted by Gasteiger charge is -2.12. The van der Waals surface area contributed by atoms with Crippen molar-refractivity contribution in [1.29, 1.82) is 0 Å². The Morgan fingerprint density at radius 3 is 2.52 bits per heavy atom. The molecule has 2 fully saturated rings. The predicted octanol–water partition coefficient (Wildman–Crippen LogP) is 4.83. The minimum absolute atomic E-state index is 0.0937. The number of amides is 1. The molecule has 4 rings (SSSR count). The summed E-state index contributed by atoms with van der Waals surface area (Å²) in [5.41, 5.74) is -2.27. The fourth-order valence-electron chi connectivity index (χ4n) is 3.57. The Bertz CT molecular complexity index is 1040. The first-order valence-corrected chi connectivity index (χ1v) is 10.3. The number of carbonyl (C=O) groups is 2. The van der Waals surface area contributed by atoms with Crippen molar-refractivity contribution in [2.75, 3.05) is 0 Å². The quantitative estimate of drug-likeness (QED) is 0.478. The number of nitrogens with one attached hydrogen (secondary N) is 1. The van der Waals surface area contributed by atoms with Crippen molar-refractivity contribution in [3.05, 3.63) is 51.3 Å². The molecular weight excluding hydrogens is 438 g/mol. The summed E-state index contributed by atoms with van der Waals surface area (Å²) in [4.78, 5) is 25.2. The smallest absolute Gasteiger partial charge is 0.349 e. The summed E-state index contributed by atoms with van der Waals surface area (Å²) in [6.07, 6.45) is -4.46. The van der Waals surface area contributed by atoms with E-state index >= 15 is 0 Å². The van der Waals surface area contributed by atoms with E-state index in [0.29, 0.717) is 18.4 Å². The molecular formula is C21H20ClF4N3O2. The number of hydrogen-bond acceptors (Lipinski definition) is 3. The molecule has 31 heavy (non-hydrogen) atoms. The first-order valence-electron chi connectivity index (χ1n) is 9.97. The first-order chi connectivity index (χ1) is 14.6. The van der Waals surface area contributed by atoms with Crippen LogP contribution in [0.15, 0.2) is 18.2 Å². The Kier molecular flexibility index (Phi) is 5.57. The van der Waals surface area contributed by atoms with E-state index in [9.17, 15) is 27.2 Å². The highest BCUT2D eigenvalue weighted by Gasteiger charge is 2.46. The number of carbonyl (C=O) groups excluding carboxylic acids is 2. The molecule has 166 valence electrons. The van der Waals surface area contributed by atoms with E-state index in [-0.39, 0.29) is 16.6 Å². The topological polar surface area (TPSA) is 64.0 Å². The number of ketones is 1. The Hall–Kier alpha value is -2.42. The molecule has 1 aromatic carbocycles. The van der Waals surface area contributed by atoms with E-state index in [1.807, 2.05) is 0 Å². The molecule has 2 aliphatic rings. The Morgan fingerprint density at radius 2 is 1.94 bits per heavy atom. The number of benzene rings is 1. The molecule has 0 aliphatic heterocycles. The first kappa shape index (κ1) is 21.8. The number of Topliss-reactive ketones (excluding diaryl/α,β-unsaturated/α-hetero) is 1. The summed E-state index contributed by atoms with van der Waals surface area (Å²) in [5.74, 6) is -1.76. The summed E-state index contributed by atoms with van der Waals surface area (Å²) in [6, 6.07) is 4.39. The van der Waals surface area contributed by atoms with Crippen LogP contribution in [0, 0.1) is 5.92 Å². The van der Waals surface area contributed by atoms with Gasteiger partial charge in [0.1, 0.15) is 23.1 Å². The molecule has 10 heteroatoms. The van der Waals surface area contributed by atoms with Crippen LogP contribution in [0.3, 0.4) is 0 Å². The monoisotopic (exact) mass is 457 g/mol. The van der Waals surface area contributed by atoms with E-state index in [1.165, 1.54) is 25.2 Å². The molecule has 1 amide bonds. The van der Waals surface area contributed by atoms with Gasteiger partial charge in [0.2, 0.25) is 0 Å². The van der Waals surface area contributed by atoms with Gasteiger partial charge in [0.05, 0.1) is 10.6 Å². The largest absolute Gasteiger partial charge is 0.420 e. The SMILES string of the molecule is Cn1nc(C(F)C2CC2)c(C(F)(F)F)c1C(=O)Cc1ccc(Cl)c(C(=O)NC2CC2)c1. The molecule has 1 N–H and O–H groups in total. The maximum absolute atomic E-state index is 14.5. The van der Waals surface area contributed by atoms with Crippen molar-refractivity contribution in [2.24, 2.45) is 13.0 Å². The number of nitrogens with zero attached hydrogens (tertiary/aromatic N) is 2. The lowest BCUT2D eigenvalue weighted by molar-refractivity contribution is -0.139. The third kappa shape index (κ3) is 4.61. The Morgan fingerprint density at radius 1 is 1.26 bits per heavy atom. The highest BCUT2D eigenvalue weighted by atomic mass is 35.5. The van der Waals surface area contributed by atoms with Gasteiger partial charge in [0.15, 0.2) is 5.78 Å². The van der Waals surface area contributed by atoms with Gasteiger partial charge in [0, 0.05) is 19.5 Å². The number of aryl methyl sites for hydroxylation is 1. The third-order valence-corrected chi connectivity index (χ3v) is 5.80. The maximum atomic E-state index is 14.5. The molecule has 0 saturated heterocycles. The van der Waals surface area contributed by atoms with Gasteiger partial charge < -0.3 is 5.32 Å². The lowest BCUT2D eigenvalue weighted by Crippen LogP contribution is -2.25. The zero-order valence-corrected chi connectivity index (χ0v) is 17.4. The van der Waals surface area contributed by atoms with Crippen molar-refractivity contribution in [3.8, 4) is 0 Å². The summed E-state index contributed by atoms with van der Waals surface area (Å²) < 4.78 is 56.7. The van der Waals surface area contributed by atoms with Gasteiger partial charge >= 0.3 is 6.18 Å². The molecule has 1 atom stereocenters. The minimum Gasteiger partial charge on any atom is -0.349 e. The van der Waals surface area contributed by atoms with Gasteiger partial charge in [-0.2, -0.15) is 18.3 Å². The van der Waals surface area contributed by atoms with Crippen LogP contribution in [-0.2, 0) is 19.6 Å². The minimum atomic E-state index is -4.93. The maximum Gasteiger partial charge on any atom is 0.420 e. The number of rotatable bonds is 7. The van der Waals surface area contributed by atoms with Gasteiger partial charge in [-0.15, -0.1) is 0 Å². The molecule has 1 unspecified atom stereocenters. The van der Waals surface area contributed by atoms with Gasteiger partial charge in [-0.05, 0) is 49.3 Å². The van der Waals surface area contributed by atoms with Crippen LogP contribution < -0.4 is 5.32 Å². The average Bonchev–Trinajstić information content (AvgIpc) is 3.60. The highest BCUT2D eigenvalue weighted by Crippen LogP contribution is 2.47. The van der Waals surface area contributed by atoms with E-state index in [0.717, 1.165) is 17.5 Å². The molecule has 5 nitrogen and oxygen atoms in total. The second kappa shape index (κ2) is 7.93. The average molecular weight is 458 g/mol. The number of halogens is 5. The van der Waals surface area contributed by atoms with E-state index < -0.39 is 53.3 Å². The second-order valence-electron chi connectivity index (χ2n) is 8.13. The zero-order valence-electron chi connectivity index (χ0n) is 16.6. The van der Waals surface area contributed by atoms with E-state index in [2.05, 4.69) is 10.4 Å². The molecule has 2 saturated carbocycles. The van der Waals surface area contributed by atoms with Crippen LogP contribution in [0.25, 0.3) is 0 Å². The molecule has 0 radical (unpaired) electrons. The number of alkyl halides is 4. The zero-order chi connectivity index (χ0) is 22.5. The molecule has 1 heterocycles. The van der Waals surface area contributed by atoms with Crippen LogP contribution in [0.5, 0.6) is 0 Å². The van der Waals surface area contributed by atoms with E-state index in [4.69, 9.17) is 11.6 Å². The summed E-state index contributed by atoms with van der Waals surface area (Å²) >= 11 is 6.08. The summed E-state index contributed by atoms with van der Waals surface area (Å²) in [7, 11) is 1.20. The molecule has 0 bridgehead atoms. The van der Waals surface area contributed by atoms with Crippen LogP contribution in [-0.4, -0.2) is 27.5 Å². The van der Waals surface area contributed by atoms with Crippen LogP contribution in [0.2, 0.25) is 5.02 Å². The van der Waals surface area contributed by atoms with Crippen molar-refractivity contribution in [3.63, 3.8) is 0 Å². The van der Waals surface area contributed by atoms with Gasteiger partial charge in [0.25, 0.3) is 5.91 Å². The molecule has 0 spiro atoms. The standard InChI is InChI=1S/C21H20ClF4N3O2/c1-29-19(16(21(24,25)26)18(28-29)17(23)11-3-4-11)15(30)9-10-2-7-14(22)13(8-10)20(31)27-12-5-6-12/h2,7-8,11-12,17H,3-6,9H2,1H3,(H,27,31). The van der Waals surface area contributed by atoms with Crippen LogP contribution in [0.1, 0.15) is 69.5 Å². The van der Waals surface area contributed by atoms with Crippen LogP contribution >= 0.6 is 11.6 Å².